The third-order valence-corrected chi connectivity index (χ3v) is 4.40. The summed E-state index contributed by atoms with van der Waals surface area (Å²) in [5, 5.41) is 8.70. The zero-order valence-electron chi connectivity index (χ0n) is 12.2. The number of amides is 1. The van der Waals surface area contributed by atoms with Crippen LogP contribution in [0.5, 0.6) is 0 Å². The molecule has 0 atom stereocenters. The average Bonchev–Trinajstić information content (AvgIpc) is 2.94. The standard InChI is InChI=1S/C15H21NO4S/c1-21-10-12-3-4-13(20-12)15(19)16-8-6-11(7-9-16)2-5-14(17)18/h3-4,11H,2,5-10H2,1H3,(H,17,18). The Morgan fingerprint density at radius 3 is 2.71 bits per heavy atom. The van der Waals surface area contributed by atoms with Crippen molar-refractivity contribution in [2.24, 2.45) is 5.92 Å². The van der Waals surface area contributed by atoms with Crippen molar-refractivity contribution in [3.05, 3.63) is 23.7 Å². The Bertz CT molecular complexity index is 492. The van der Waals surface area contributed by atoms with E-state index in [2.05, 4.69) is 0 Å². The van der Waals surface area contributed by atoms with Crippen LogP contribution in [0, 0.1) is 5.92 Å². The Kier molecular flexibility index (Phi) is 5.73. The van der Waals surface area contributed by atoms with Gasteiger partial charge in [0.25, 0.3) is 5.91 Å². The third kappa shape index (κ3) is 4.52. The van der Waals surface area contributed by atoms with Crippen LogP contribution in [-0.4, -0.2) is 41.2 Å². The van der Waals surface area contributed by atoms with E-state index in [1.54, 1.807) is 22.7 Å². The number of rotatable bonds is 6. The Labute approximate surface area is 128 Å². The van der Waals surface area contributed by atoms with E-state index in [9.17, 15) is 9.59 Å². The first-order valence-corrected chi connectivity index (χ1v) is 8.58. The minimum Gasteiger partial charge on any atom is -0.481 e. The van der Waals surface area contributed by atoms with Gasteiger partial charge in [0.2, 0.25) is 0 Å². The van der Waals surface area contributed by atoms with Gasteiger partial charge >= 0.3 is 5.97 Å². The number of carboxylic acids is 1. The lowest BCUT2D eigenvalue weighted by molar-refractivity contribution is -0.137. The Balaban J connectivity index is 1.83. The number of carbonyl (C=O) groups excluding carboxylic acids is 1. The van der Waals surface area contributed by atoms with Crippen LogP contribution in [0.2, 0.25) is 0 Å². The molecule has 0 bridgehead atoms. The van der Waals surface area contributed by atoms with Crippen molar-refractivity contribution >= 4 is 23.6 Å². The molecule has 0 aromatic carbocycles. The second kappa shape index (κ2) is 7.54. The number of likely N-dealkylation sites (tertiary alicyclic amines) is 1. The molecule has 1 N–H and O–H groups in total. The molecule has 1 aliphatic heterocycles. The third-order valence-electron chi connectivity index (χ3n) is 3.83. The molecule has 1 saturated heterocycles. The van der Waals surface area contributed by atoms with Gasteiger partial charge in [-0.3, -0.25) is 9.59 Å². The number of thioether (sulfide) groups is 1. The van der Waals surface area contributed by atoms with Gasteiger partial charge in [0.05, 0.1) is 5.75 Å². The number of nitrogens with zero attached hydrogens (tertiary/aromatic N) is 1. The second-order valence-electron chi connectivity index (χ2n) is 5.37. The fourth-order valence-electron chi connectivity index (χ4n) is 2.62. The van der Waals surface area contributed by atoms with Crippen LogP contribution in [0.3, 0.4) is 0 Å². The van der Waals surface area contributed by atoms with Crippen molar-refractivity contribution in [3.8, 4) is 0 Å². The van der Waals surface area contributed by atoms with Gasteiger partial charge in [-0.1, -0.05) is 0 Å². The molecule has 1 fully saturated rings. The fraction of sp³-hybridized carbons (Fsp3) is 0.600. The molecule has 1 aliphatic rings. The molecule has 0 saturated carbocycles. The summed E-state index contributed by atoms with van der Waals surface area (Å²) < 4.78 is 5.56. The number of carbonyl (C=O) groups is 2. The molecule has 6 heteroatoms. The van der Waals surface area contributed by atoms with E-state index in [1.807, 2.05) is 12.3 Å². The molecule has 1 aromatic heterocycles. The summed E-state index contributed by atoms with van der Waals surface area (Å²) in [6, 6.07) is 3.59. The molecule has 5 nitrogen and oxygen atoms in total. The quantitative estimate of drug-likeness (QED) is 0.874. The van der Waals surface area contributed by atoms with Gasteiger partial charge < -0.3 is 14.4 Å². The van der Waals surface area contributed by atoms with Crippen LogP contribution >= 0.6 is 11.8 Å². The van der Waals surface area contributed by atoms with Gasteiger partial charge in [0.15, 0.2) is 5.76 Å². The molecule has 0 spiro atoms. The predicted molar refractivity (Wildman–Crippen MR) is 81.4 cm³/mol. The number of aliphatic carboxylic acids is 1. The van der Waals surface area contributed by atoms with Crippen molar-refractivity contribution in [2.75, 3.05) is 19.3 Å². The average molecular weight is 311 g/mol. The van der Waals surface area contributed by atoms with Gasteiger partial charge in [-0.2, -0.15) is 11.8 Å². The van der Waals surface area contributed by atoms with Crippen molar-refractivity contribution in [1.29, 1.82) is 0 Å². The summed E-state index contributed by atoms with van der Waals surface area (Å²) in [6.07, 6.45) is 4.66. The van der Waals surface area contributed by atoms with Gasteiger partial charge in [-0.25, -0.2) is 0 Å². The molecule has 21 heavy (non-hydrogen) atoms. The summed E-state index contributed by atoms with van der Waals surface area (Å²) in [5.74, 6) is 1.60. The van der Waals surface area contributed by atoms with E-state index in [-0.39, 0.29) is 12.3 Å². The van der Waals surface area contributed by atoms with Gasteiger partial charge in [-0.15, -0.1) is 0 Å². The highest BCUT2D eigenvalue weighted by atomic mass is 32.2. The Morgan fingerprint density at radius 2 is 2.10 bits per heavy atom. The smallest absolute Gasteiger partial charge is 0.303 e. The van der Waals surface area contributed by atoms with Crippen LogP contribution in [0.15, 0.2) is 16.5 Å². The highest BCUT2D eigenvalue weighted by Crippen LogP contribution is 2.24. The van der Waals surface area contributed by atoms with Crippen molar-refractivity contribution in [2.45, 2.75) is 31.4 Å². The predicted octanol–water partition coefficient (Wildman–Crippen LogP) is 2.86. The molecule has 116 valence electrons. The zero-order chi connectivity index (χ0) is 15.2. The fourth-order valence-corrected chi connectivity index (χ4v) is 3.06. The maximum atomic E-state index is 12.3. The van der Waals surface area contributed by atoms with E-state index in [1.165, 1.54) is 0 Å². The summed E-state index contributed by atoms with van der Waals surface area (Å²) in [7, 11) is 0. The van der Waals surface area contributed by atoms with Gasteiger partial charge in [0.1, 0.15) is 5.76 Å². The number of carboxylic acid groups (broad SMARTS) is 1. The SMILES string of the molecule is CSCc1ccc(C(=O)N2CCC(CCC(=O)O)CC2)o1. The van der Waals surface area contributed by atoms with Crippen LogP contribution in [0.4, 0.5) is 0 Å². The zero-order valence-corrected chi connectivity index (χ0v) is 13.0. The Morgan fingerprint density at radius 1 is 1.38 bits per heavy atom. The molecule has 1 amide bonds. The number of hydrogen-bond donors (Lipinski definition) is 1. The molecular formula is C15H21NO4S. The molecule has 2 rings (SSSR count). The first kappa shape index (κ1) is 15.9. The van der Waals surface area contributed by atoms with Crippen molar-refractivity contribution in [1.82, 2.24) is 4.90 Å². The number of furan rings is 1. The lowest BCUT2D eigenvalue weighted by Crippen LogP contribution is -2.38. The van der Waals surface area contributed by atoms with Crippen LogP contribution in [-0.2, 0) is 10.5 Å². The number of piperidine rings is 1. The molecule has 1 aromatic rings. The molecule has 0 unspecified atom stereocenters. The number of hydrogen-bond acceptors (Lipinski definition) is 4. The minimum atomic E-state index is -0.745. The highest BCUT2D eigenvalue weighted by Gasteiger charge is 2.25. The molecule has 0 aliphatic carbocycles. The van der Waals surface area contributed by atoms with E-state index < -0.39 is 5.97 Å². The molecule has 2 heterocycles. The molecule has 0 radical (unpaired) electrons. The topological polar surface area (TPSA) is 70.8 Å². The van der Waals surface area contributed by atoms with Crippen molar-refractivity contribution in [3.63, 3.8) is 0 Å². The van der Waals surface area contributed by atoms with Gasteiger partial charge in [-0.05, 0) is 43.6 Å². The van der Waals surface area contributed by atoms with Crippen LogP contribution in [0.25, 0.3) is 0 Å². The van der Waals surface area contributed by atoms with Crippen LogP contribution < -0.4 is 0 Å². The van der Waals surface area contributed by atoms with E-state index in [4.69, 9.17) is 9.52 Å². The first-order chi connectivity index (χ1) is 10.1. The Hall–Kier alpha value is -1.43. The normalized spacial score (nSPS) is 16.1. The maximum absolute atomic E-state index is 12.3. The minimum absolute atomic E-state index is 0.0564. The second-order valence-corrected chi connectivity index (χ2v) is 6.23. The maximum Gasteiger partial charge on any atom is 0.303 e. The summed E-state index contributed by atoms with van der Waals surface area (Å²) >= 11 is 1.66. The first-order valence-electron chi connectivity index (χ1n) is 7.19. The van der Waals surface area contributed by atoms with Crippen LogP contribution in [0.1, 0.15) is 42.0 Å². The van der Waals surface area contributed by atoms with Crippen molar-refractivity contribution < 1.29 is 19.1 Å². The van der Waals surface area contributed by atoms with E-state index in [0.717, 1.165) is 24.4 Å². The van der Waals surface area contributed by atoms with Gasteiger partial charge in [0, 0.05) is 19.5 Å². The molecular weight excluding hydrogens is 290 g/mol. The monoisotopic (exact) mass is 311 g/mol. The lowest BCUT2D eigenvalue weighted by Gasteiger charge is -2.31. The summed E-state index contributed by atoms with van der Waals surface area (Å²) in [5.41, 5.74) is 0. The van der Waals surface area contributed by atoms with E-state index >= 15 is 0 Å². The summed E-state index contributed by atoms with van der Waals surface area (Å²) in [4.78, 5) is 24.7. The summed E-state index contributed by atoms with van der Waals surface area (Å²) in [6.45, 7) is 1.36. The highest BCUT2D eigenvalue weighted by molar-refractivity contribution is 7.97. The lowest BCUT2D eigenvalue weighted by atomic mass is 9.92. The largest absolute Gasteiger partial charge is 0.481 e. The van der Waals surface area contributed by atoms with E-state index in [0.29, 0.717) is 31.2 Å².